The van der Waals surface area contributed by atoms with Crippen LogP contribution in [0.1, 0.15) is 5.56 Å². The van der Waals surface area contributed by atoms with Crippen LogP contribution in [0, 0.1) is 0 Å². The molecule has 0 aliphatic heterocycles. The zero-order valence-electron chi connectivity index (χ0n) is 8.58. The average molecular weight is 284 g/mol. The number of hydrogen-bond acceptors (Lipinski definition) is 2. The van der Waals surface area contributed by atoms with Gasteiger partial charge < -0.3 is 14.8 Å². The fourth-order valence-corrected chi connectivity index (χ4v) is 2.20. The molecule has 4 nitrogen and oxygen atoms in total. The first-order valence-electron chi connectivity index (χ1n) is 4.67. The number of aromatic nitrogens is 1. The van der Waals surface area contributed by atoms with E-state index in [-0.39, 0.29) is 6.42 Å². The summed E-state index contributed by atoms with van der Waals surface area (Å²) in [4.78, 5) is 13.7. The molecule has 2 N–H and O–H groups in total. The van der Waals surface area contributed by atoms with Crippen LogP contribution in [0.2, 0.25) is 0 Å². The molecule has 0 bridgehead atoms. The monoisotopic (exact) mass is 283 g/mol. The Morgan fingerprint density at radius 3 is 2.94 bits per heavy atom. The number of hydrogen-bond donors (Lipinski definition) is 2. The van der Waals surface area contributed by atoms with E-state index in [1.807, 2.05) is 12.1 Å². The van der Waals surface area contributed by atoms with Crippen molar-refractivity contribution in [3.63, 3.8) is 0 Å². The van der Waals surface area contributed by atoms with Crippen molar-refractivity contribution < 1.29 is 14.6 Å². The van der Waals surface area contributed by atoms with Crippen molar-refractivity contribution in [2.45, 2.75) is 6.42 Å². The minimum absolute atomic E-state index is 0.000389. The first-order valence-corrected chi connectivity index (χ1v) is 5.46. The van der Waals surface area contributed by atoms with Crippen molar-refractivity contribution in [1.82, 2.24) is 4.98 Å². The molecule has 2 aromatic rings. The van der Waals surface area contributed by atoms with Gasteiger partial charge in [-0.15, -0.1) is 0 Å². The molecule has 0 radical (unpaired) electrons. The third-order valence-electron chi connectivity index (χ3n) is 2.38. The molecule has 5 heteroatoms. The zero-order chi connectivity index (χ0) is 11.7. The van der Waals surface area contributed by atoms with Crippen molar-refractivity contribution in [1.29, 1.82) is 0 Å². The predicted octanol–water partition coefficient (Wildman–Crippen LogP) is 2.57. The molecule has 0 atom stereocenters. The Hall–Kier alpha value is -1.49. The fraction of sp³-hybridized carbons (Fsp3) is 0.182. The molecule has 0 aliphatic rings. The van der Waals surface area contributed by atoms with Gasteiger partial charge in [-0.05, 0) is 33.6 Å². The smallest absolute Gasteiger partial charge is 0.307 e. The van der Waals surface area contributed by atoms with Crippen LogP contribution in [0.5, 0.6) is 5.75 Å². The minimum atomic E-state index is -0.847. The van der Waals surface area contributed by atoms with Crippen molar-refractivity contribution in [2.75, 3.05) is 7.11 Å². The number of benzene rings is 1. The van der Waals surface area contributed by atoms with Gasteiger partial charge in [-0.25, -0.2) is 0 Å². The number of H-pyrrole nitrogens is 1. The lowest BCUT2D eigenvalue weighted by Crippen LogP contribution is -1.98. The SMILES string of the molecule is COc1cc(Br)c2[nH]cc(CC(=O)O)c2c1. The number of nitrogens with one attached hydrogen (secondary N) is 1. The zero-order valence-corrected chi connectivity index (χ0v) is 10.2. The lowest BCUT2D eigenvalue weighted by atomic mass is 10.1. The molecule has 2 rings (SSSR count). The molecule has 0 saturated carbocycles. The van der Waals surface area contributed by atoms with Crippen LogP contribution < -0.4 is 4.74 Å². The Kier molecular flexibility index (Phi) is 2.87. The second kappa shape index (κ2) is 4.17. The molecule has 0 amide bonds. The van der Waals surface area contributed by atoms with E-state index in [0.29, 0.717) is 5.75 Å². The van der Waals surface area contributed by atoms with E-state index in [2.05, 4.69) is 20.9 Å². The topological polar surface area (TPSA) is 62.3 Å². The highest BCUT2D eigenvalue weighted by molar-refractivity contribution is 9.10. The van der Waals surface area contributed by atoms with E-state index in [9.17, 15) is 4.79 Å². The number of halogens is 1. The van der Waals surface area contributed by atoms with Crippen LogP contribution in [0.3, 0.4) is 0 Å². The van der Waals surface area contributed by atoms with Gasteiger partial charge in [0.1, 0.15) is 5.75 Å². The highest BCUT2D eigenvalue weighted by Gasteiger charge is 2.11. The summed E-state index contributed by atoms with van der Waals surface area (Å²) in [5.74, 6) is -0.148. The van der Waals surface area contributed by atoms with Crippen LogP contribution in [0.15, 0.2) is 22.8 Å². The number of rotatable bonds is 3. The summed E-state index contributed by atoms with van der Waals surface area (Å²) in [5.41, 5.74) is 1.64. The first-order chi connectivity index (χ1) is 7.61. The van der Waals surface area contributed by atoms with Gasteiger partial charge in [-0.2, -0.15) is 0 Å². The van der Waals surface area contributed by atoms with Crippen molar-refractivity contribution in [3.05, 3.63) is 28.4 Å². The minimum Gasteiger partial charge on any atom is -0.497 e. The highest BCUT2D eigenvalue weighted by atomic mass is 79.9. The van der Waals surface area contributed by atoms with E-state index >= 15 is 0 Å². The number of ether oxygens (including phenoxy) is 1. The summed E-state index contributed by atoms with van der Waals surface area (Å²) in [5, 5.41) is 9.65. The van der Waals surface area contributed by atoms with E-state index in [1.165, 1.54) is 0 Å². The normalized spacial score (nSPS) is 10.6. The molecule has 0 fully saturated rings. The third kappa shape index (κ3) is 1.90. The van der Waals surface area contributed by atoms with Crippen LogP contribution >= 0.6 is 15.9 Å². The Bertz CT molecular complexity index is 547. The lowest BCUT2D eigenvalue weighted by molar-refractivity contribution is -0.136. The molecule has 84 valence electrons. The van der Waals surface area contributed by atoms with Gasteiger partial charge in [-0.3, -0.25) is 4.79 Å². The van der Waals surface area contributed by atoms with Crippen LogP contribution in [0.25, 0.3) is 10.9 Å². The molecule has 1 aromatic carbocycles. The van der Waals surface area contributed by atoms with Gasteiger partial charge in [0, 0.05) is 16.1 Å². The first kappa shape index (κ1) is 11.0. The number of aliphatic carboxylic acids is 1. The number of aromatic amines is 1. The maximum absolute atomic E-state index is 10.7. The summed E-state index contributed by atoms with van der Waals surface area (Å²) >= 11 is 3.41. The summed E-state index contributed by atoms with van der Waals surface area (Å²) in [6, 6.07) is 3.66. The quantitative estimate of drug-likeness (QED) is 0.910. The summed E-state index contributed by atoms with van der Waals surface area (Å²) < 4.78 is 6.00. The van der Waals surface area contributed by atoms with Gasteiger partial charge in [0.25, 0.3) is 0 Å². The lowest BCUT2D eigenvalue weighted by Gasteiger charge is -2.02. The molecule has 0 saturated heterocycles. The van der Waals surface area contributed by atoms with E-state index in [1.54, 1.807) is 13.3 Å². The summed E-state index contributed by atoms with van der Waals surface area (Å²) in [6.07, 6.45) is 1.71. The molecule has 1 aromatic heterocycles. The second-order valence-electron chi connectivity index (χ2n) is 3.42. The largest absolute Gasteiger partial charge is 0.497 e. The summed E-state index contributed by atoms with van der Waals surface area (Å²) in [6.45, 7) is 0. The van der Waals surface area contributed by atoms with Crippen LogP contribution in [-0.2, 0) is 11.2 Å². The molecule has 0 aliphatic carbocycles. The summed E-state index contributed by atoms with van der Waals surface area (Å²) in [7, 11) is 1.58. The van der Waals surface area contributed by atoms with E-state index in [4.69, 9.17) is 9.84 Å². The standard InChI is InChI=1S/C11H10BrNO3/c1-16-7-3-8-6(2-10(14)15)5-13-11(8)9(12)4-7/h3-5,13H,2H2,1H3,(H,14,15). The molecular formula is C11H10BrNO3. The fourth-order valence-electron chi connectivity index (χ4n) is 1.65. The van der Waals surface area contributed by atoms with Gasteiger partial charge >= 0.3 is 5.97 Å². The Morgan fingerprint density at radius 1 is 1.56 bits per heavy atom. The average Bonchev–Trinajstić information content (AvgIpc) is 2.61. The van der Waals surface area contributed by atoms with E-state index < -0.39 is 5.97 Å². The number of carboxylic acids is 1. The molecule has 16 heavy (non-hydrogen) atoms. The van der Waals surface area contributed by atoms with E-state index in [0.717, 1.165) is 20.9 Å². The van der Waals surface area contributed by atoms with Gasteiger partial charge in [0.05, 0.1) is 19.0 Å². The molecule has 0 spiro atoms. The molecular weight excluding hydrogens is 274 g/mol. The molecule has 0 unspecified atom stereocenters. The second-order valence-corrected chi connectivity index (χ2v) is 4.27. The Labute approximate surface area is 100 Å². The Morgan fingerprint density at radius 2 is 2.31 bits per heavy atom. The van der Waals surface area contributed by atoms with Gasteiger partial charge in [0.15, 0.2) is 0 Å². The highest BCUT2D eigenvalue weighted by Crippen LogP contribution is 2.31. The van der Waals surface area contributed by atoms with Gasteiger partial charge in [-0.1, -0.05) is 0 Å². The number of carbonyl (C=O) groups is 1. The number of methoxy groups -OCH3 is 1. The number of fused-ring (bicyclic) bond motifs is 1. The van der Waals surface area contributed by atoms with Crippen molar-refractivity contribution >= 4 is 32.8 Å². The van der Waals surface area contributed by atoms with Crippen LogP contribution in [-0.4, -0.2) is 23.2 Å². The van der Waals surface area contributed by atoms with Crippen LogP contribution in [0.4, 0.5) is 0 Å². The van der Waals surface area contributed by atoms with Gasteiger partial charge in [0.2, 0.25) is 0 Å². The Balaban J connectivity index is 2.60. The maximum atomic E-state index is 10.7. The molecule has 1 heterocycles. The number of carboxylic acid groups (broad SMARTS) is 1. The van der Waals surface area contributed by atoms with Crippen molar-refractivity contribution in [2.24, 2.45) is 0 Å². The van der Waals surface area contributed by atoms with Crippen molar-refractivity contribution in [3.8, 4) is 5.75 Å². The third-order valence-corrected chi connectivity index (χ3v) is 3.00. The predicted molar refractivity (Wildman–Crippen MR) is 63.9 cm³/mol. The maximum Gasteiger partial charge on any atom is 0.307 e.